The van der Waals surface area contributed by atoms with Crippen LogP contribution in [-0.4, -0.2) is 108 Å². The van der Waals surface area contributed by atoms with E-state index < -0.39 is 31.4 Å². The number of carbonyl (C=O) groups excluding carboxylic acids is 1. The number of nitro groups is 1. The van der Waals surface area contributed by atoms with Crippen molar-refractivity contribution >= 4 is 72.2 Å². The SMILES string of the molecule is CN1CCC(CNc2ccc(S(=O)(=O)NC(=O)c3ccc(N4CCN(CC5=C(c6ccc(Cl)cc6)CC(C)(C)CC5)CC4)cc3-n3ncc4nc5[nH]ccc5cc43)cc2[N+](=O)[O-])C1. The van der Waals surface area contributed by atoms with Crippen molar-refractivity contribution in [3.8, 4) is 5.69 Å². The van der Waals surface area contributed by atoms with Crippen molar-refractivity contribution in [3.05, 3.63) is 117 Å². The Balaban J connectivity index is 0.977. The first kappa shape index (κ1) is 42.5. The van der Waals surface area contributed by atoms with E-state index in [1.165, 1.54) is 28.8 Å². The van der Waals surface area contributed by atoms with Gasteiger partial charge in [0.05, 0.1) is 32.8 Å². The first-order valence-electron chi connectivity index (χ1n) is 21.4. The minimum absolute atomic E-state index is 0.0522. The van der Waals surface area contributed by atoms with Crippen LogP contribution in [0.3, 0.4) is 0 Å². The number of nitrogens with zero attached hydrogens (tertiary/aromatic N) is 7. The summed E-state index contributed by atoms with van der Waals surface area (Å²) in [7, 11) is -2.53. The maximum Gasteiger partial charge on any atom is 0.293 e. The van der Waals surface area contributed by atoms with E-state index in [2.05, 4.69) is 60.8 Å². The van der Waals surface area contributed by atoms with E-state index in [-0.39, 0.29) is 16.7 Å². The minimum Gasteiger partial charge on any atom is -0.379 e. The number of pyridine rings is 1. The largest absolute Gasteiger partial charge is 0.379 e. The molecule has 1 aliphatic carbocycles. The molecule has 15 nitrogen and oxygen atoms in total. The summed E-state index contributed by atoms with van der Waals surface area (Å²) in [5.74, 6) is -0.595. The number of fused-ring (bicyclic) bond motifs is 2. The highest BCUT2D eigenvalue weighted by Gasteiger charge is 2.31. The second-order valence-corrected chi connectivity index (χ2v) is 20.0. The van der Waals surface area contributed by atoms with Crippen molar-refractivity contribution < 1.29 is 18.1 Å². The van der Waals surface area contributed by atoms with Crippen molar-refractivity contribution in [2.24, 2.45) is 11.3 Å². The highest BCUT2D eigenvalue weighted by molar-refractivity contribution is 7.90. The van der Waals surface area contributed by atoms with Gasteiger partial charge in [0.25, 0.3) is 21.6 Å². The lowest BCUT2D eigenvalue weighted by Gasteiger charge is -2.39. The number of nitro benzene ring substituents is 1. The number of aromatic amines is 1. The average molecular weight is 891 g/mol. The van der Waals surface area contributed by atoms with Gasteiger partial charge < -0.3 is 20.1 Å². The lowest BCUT2D eigenvalue weighted by atomic mass is 9.72. The summed E-state index contributed by atoms with van der Waals surface area (Å²) in [6.45, 7) is 11.0. The number of hydrogen-bond acceptors (Lipinski definition) is 11. The third kappa shape index (κ3) is 9.03. The molecule has 1 atom stereocenters. The van der Waals surface area contributed by atoms with Gasteiger partial charge in [-0.1, -0.05) is 43.2 Å². The highest BCUT2D eigenvalue weighted by atomic mass is 35.5. The normalized spacial score (nSPS) is 18.7. The Hall–Kier alpha value is -5.81. The van der Waals surface area contributed by atoms with Crippen LogP contribution in [0.25, 0.3) is 33.3 Å². The molecule has 0 saturated carbocycles. The van der Waals surface area contributed by atoms with Crippen molar-refractivity contribution in [2.75, 3.05) is 69.6 Å². The number of aromatic nitrogens is 4. The molecular weight excluding hydrogens is 840 g/mol. The van der Waals surface area contributed by atoms with Gasteiger partial charge in [-0.3, -0.25) is 19.8 Å². The van der Waals surface area contributed by atoms with Crippen LogP contribution in [0.4, 0.5) is 17.1 Å². The Bertz CT molecular complexity index is 2870. The number of amides is 1. The molecular formula is C46H51ClN10O5S. The summed E-state index contributed by atoms with van der Waals surface area (Å²) < 4.78 is 31.5. The second kappa shape index (κ2) is 17.1. The Morgan fingerprint density at radius 3 is 2.56 bits per heavy atom. The van der Waals surface area contributed by atoms with Crippen LogP contribution < -0.4 is 14.9 Å². The molecule has 3 N–H and O–H groups in total. The van der Waals surface area contributed by atoms with E-state index in [0.717, 1.165) is 93.7 Å². The van der Waals surface area contributed by atoms with Gasteiger partial charge in [-0.15, -0.1) is 0 Å². The molecule has 0 spiro atoms. The van der Waals surface area contributed by atoms with Crippen molar-refractivity contribution in [1.82, 2.24) is 34.3 Å². The lowest BCUT2D eigenvalue weighted by Crippen LogP contribution is -2.47. The maximum atomic E-state index is 14.2. The van der Waals surface area contributed by atoms with Gasteiger partial charge in [0.1, 0.15) is 16.9 Å². The topological polar surface area (TPSA) is 175 Å². The third-order valence-corrected chi connectivity index (χ3v) is 14.4. The van der Waals surface area contributed by atoms with Gasteiger partial charge in [0.2, 0.25) is 0 Å². The summed E-state index contributed by atoms with van der Waals surface area (Å²) in [5, 5.41) is 21.5. The molecule has 6 aromatic rings. The monoisotopic (exact) mass is 890 g/mol. The van der Waals surface area contributed by atoms with Crippen LogP contribution >= 0.6 is 11.6 Å². The van der Waals surface area contributed by atoms with Gasteiger partial charge in [-0.05, 0) is 116 Å². The van der Waals surface area contributed by atoms with Gasteiger partial charge in [0.15, 0.2) is 0 Å². The van der Waals surface area contributed by atoms with Crippen molar-refractivity contribution in [3.63, 3.8) is 0 Å². The molecule has 2 fully saturated rings. The van der Waals surface area contributed by atoms with Gasteiger partial charge in [0, 0.05) is 74.2 Å². The Morgan fingerprint density at radius 2 is 1.81 bits per heavy atom. The Kier molecular flexibility index (Phi) is 11.5. The molecule has 9 rings (SSSR count). The molecule has 328 valence electrons. The molecule has 3 aliphatic rings. The molecule has 0 radical (unpaired) electrons. The van der Waals surface area contributed by atoms with E-state index >= 15 is 0 Å². The Morgan fingerprint density at radius 1 is 1.02 bits per heavy atom. The molecule has 1 amide bonds. The third-order valence-electron chi connectivity index (χ3n) is 12.8. The fraction of sp³-hybridized carbons (Fsp3) is 0.370. The van der Waals surface area contributed by atoms with Crippen LogP contribution in [0.15, 0.2) is 95.7 Å². The van der Waals surface area contributed by atoms with E-state index in [4.69, 9.17) is 16.6 Å². The number of hydrogen-bond donors (Lipinski definition) is 3. The second-order valence-electron chi connectivity index (χ2n) is 17.9. The molecule has 17 heteroatoms. The molecule has 2 aliphatic heterocycles. The van der Waals surface area contributed by atoms with Crippen molar-refractivity contribution in [2.45, 2.75) is 44.4 Å². The Labute approximate surface area is 371 Å². The number of sulfonamides is 1. The number of carbonyl (C=O) groups is 1. The number of halogens is 1. The number of allylic oxidation sites excluding steroid dienone is 1. The number of rotatable bonds is 12. The van der Waals surface area contributed by atoms with Crippen LogP contribution in [0.1, 0.15) is 55.5 Å². The first-order chi connectivity index (χ1) is 30.2. The zero-order valence-electron chi connectivity index (χ0n) is 35.6. The number of nitrogens with one attached hydrogen (secondary N) is 3. The number of piperazine rings is 1. The number of likely N-dealkylation sites (tertiary alicyclic amines) is 1. The fourth-order valence-electron chi connectivity index (χ4n) is 9.26. The van der Waals surface area contributed by atoms with Crippen LogP contribution in [-0.2, 0) is 10.0 Å². The summed E-state index contributed by atoms with van der Waals surface area (Å²) >= 11 is 6.26. The smallest absolute Gasteiger partial charge is 0.293 e. The van der Waals surface area contributed by atoms with E-state index in [9.17, 15) is 23.3 Å². The zero-order chi connectivity index (χ0) is 44.0. The molecule has 0 bridgehead atoms. The zero-order valence-corrected chi connectivity index (χ0v) is 37.2. The molecule has 3 aromatic carbocycles. The fourth-order valence-corrected chi connectivity index (χ4v) is 10.4. The first-order valence-corrected chi connectivity index (χ1v) is 23.2. The summed E-state index contributed by atoms with van der Waals surface area (Å²) in [6, 6.07) is 21.0. The highest BCUT2D eigenvalue weighted by Crippen LogP contribution is 2.43. The van der Waals surface area contributed by atoms with Crippen LogP contribution in [0.5, 0.6) is 0 Å². The molecule has 63 heavy (non-hydrogen) atoms. The van der Waals surface area contributed by atoms with E-state index in [0.29, 0.717) is 34.8 Å². The van der Waals surface area contributed by atoms with Crippen LogP contribution in [0.2, 0.25) is 5.02 Å². The van der Waals surface area contributed by atoms with E-state index in [1.54, 1.807) is 23.1 Å². The number of anilines is 2. The maximum absolute atomic E-state index is 14.2. The number of benzene rings is 3. The van der Waals surface area contributed by atoms with Gasteiger partial charge >= 0.3 is 0 Å². The van der Waals surface area contributed by atoms with E-state index in [1.807, 2.05) is 43.4 Å². The molecule has 1 unspecified atom stereocenters. The summed E-state index contributed by atoms with van der Waals surface area (Å²) in [5.41, 5.74) is 7.34. The van der Waals surface area contributed by atoms with Crippen LogP contribution in [0, 0.1) is 21.4 Å². The molecule has 2 saturated heterocycles. The quantitative estimate of drug-likeness (QED) is 0.0811. The average Bonchev–Trinajstić information content (AvgIpc) is 4.02. The predicted octanol–water partition coefficient (Wildman–Crippen LogP) is 7.73. The van der Waals surface area contributed by atoms with Gasteiger partial charge in [-0.2, -0.15) is 5.10 Å². The van der Waals surface area contributed by atoms with Gasteiger partial charge in [-0.25, -0.2) is 22.8 Å². The minimum atomic E-state index is -4.56. The standard InChI is InChI=1S/C46H51ClN10O5S/c1-46(2)15-12-33(38(25-46)31-4-6-34(47)7-5-31)29-54-18-20-55(21-19-54)35-8-10-37(41(23-35)56-42-22-32-13-16-48-44(32)51-40(42)27-50-56)45(58)52-63(61,62)36-9-11-39(43(24-36)57(59)60)49-26-30-14-17-53(3)28-30/h4-11,13,16,22-24,27,30,49H,12,14-15,17-21,25-26,28-29H2,1-3H3,(H,48,51)(H,52,58). The van der Waals surface area contributed by atoms with Crippen molar-refractivity contribution in [1.29, 1.82) is 0 Å². The lowest BCUT2D eigenvalue weighted by molar-refractivity contribution is -0.384. The molecule has 3 aromatic heterocycles. The summed E-state index contributed by atoms with van der Waals surface area (Å²) in [6.07, 6.45) is 7.57. The summed E-state index contributed by atoms with van der Waals surface area (Å²) in [4.78, 5) is 40.1. The molecule has 5 heterocycles. The number of H-pyrrole nitrogens is 1. The predicted molar refractivity (Wildman–Crippen MR) is 247 cm³/mol.